The molecule has 198 valence electrons. The minimum absolute atomic E-state index is 0.157. The average molecular weight is 509 g/mol. The Balaban J connectivity index is 1.58. The molecule has 0 aliphatic heterocycles. The Hall–Kier alpha value is -3.10. The molecule has 2 N–H and O–H groups in total. The molecule has 0 aromatic carbocycles. The van der Waals surface area contributed by atoms with E-state index in [4.69, 9.17) is 4.98 Å². The second-order valence-corrected chi connectivity index (χ2v) is 11.1. The number of carboxylic acid groups (broad SMARTS) is 1. The molecule has 0 bridgehead atoms. The van der Waals surface area contributed by atoms with E-state index in [2.05, 4.69) is 44.7 Å². The van der Waals surface area contributed by atoms with Gasteiger partial charge in [0.2, 0.25) is 5.82 Å². The number of aromatic nitrogens is 5. The largest absolute Gasteiger partial charge is 0.475 e. The Morgan fingerprint density at radius 3 is 2.51 bits per heavy atom. The van der Waals surface area contributed by atoms with Crippen LogP contribution in [0.1, 0.15) is 87.3 Å². The van der Waals surface area contributed by atoms with E-state index in [0.29, 0.717) is 35.7 Å². The van der Waals surface area contributed by atoms with Gasteiger partial charge in [-0.05, 0) is 73.5 Å². The number of fused-ring (bicyclic) bond motifs is 1. The van der Waals surface area contributed by atoms with Crippen LogP contribution in [-0.2, 0) is 6.54 Å². The lowest BCUT2D eigenvalue weighted by Crippen LogP contribution is -2.21. The number of rotatable bonds is 10. The second-order valence-electron chi connectivity index (χ2n) is 11.1. The number of nitrogens with one attached hydrogen (secondary N) is 1. The maximum atomic E-state index is 13.2. The van der Waals surface area contributed by atoms with Gasteiger partial charge in [-0.25, -0.2) is 19.7 Å². The van der Waals surface area contributed by atoms with Crippen molar-refractivity contribution < 1.29 is 14.3 Å². The maximum Gasteiger partial charge on any atom is 0.374 e. The van der Waals surface area contributed by atoms with Crippen molar-refractivity contribution >= 4 is 23.0 Å². The summed E-state index contributed by atoms with van der Waals surface area (Å²) in [4.78, 5) is 30.1. The summed E-state index contributed by atoms with van der Waals surface area (Å²) in [5.41, 5.74) is 2.97. The van der Waals surface area contributed by atoms with Gasteiger partial charge in [0.1, 0.15) is 11.2 Å². The van der Waals surface area contributed by atoms with Crippen molar-refractivity contribution in [2.75, 3.05) is 18.5 Å². The van der Waals surface area contributed by atoms with Crippen LogP contribution in [0, 0.1) is 17.8 Å². The predicted molar refractivity (Wildman–Crippen MR) is 141 cm³/mol. The van der Waals surface area contributed by atoms with E-state index in [0.717, 1.165) is 61.3 Å². The lowest BCUT2D eigenvalue weighted by atomic mass is 9.82. The molecule has 0 spiro atoms. The fourth-order valence-corrected chi connectivity index (χ4v) is 5.56. The first kappa shape index (κ1) is 25.5. The van der Waals surface area contributed by atoms with Crippen LogP contribution < -0.4 is 5.32 Å². The van der Waals surface area contributed by atoms with E-state index in [-0.39, 0.29) is 18.4 Å². The fraction of sp³-hybridized carbons (Fsp3) is 0.607. The van der Waals surface area contributed by atoms with Gasteiger partial charge in [0.25, 0.3) is 0 Å². The average Bonchev–Trinajstić information content (AvgIpc) is 3.24. The zero-order valence-corrected chi connectivity index (χ0v) is 21.8. The number of hydrogen-bond acceptors (Lipinski definition) is 6. The highest BCUT2D eigenvalue weighted by atomic mass is 19.1. The first-order valence-electron chi connectivity index (χ1n) is 13.7. The molecule has 3 aromatic heterocycles. The number of carboxylic acids is 1. The number of alkyl halides is 1. The number of hydrogen-bond donors (Lipinski definition) is 2. The molecule has 37 heavy (non-hydrogen) atoms. The molecular formula is C28H37FN6O2. The highest BCUT2D eigenvalue weighted by Gasteiger charge is 2.27. The van der Waals surface area contributed by atoms with E-state index in [9.17, 15) is 14.3 Å². The third-order valence-corrected chi connectivity index (χ3v) is 8.17. The summed E-state index contributed by atoms with van der Waals surface area (Å²) < 4.78 is 15.4. The molecule has 3 heterocycles. The van der Waals surface area contributed by atoms with Gasteiger partial charge in [-0.1, -0.05) is 33.1 Å². The van der Waals surface area contributed by atoms with E-state index in [1.807, 2.05) is 6.07 Å². The van der Waals surface area contributed by atoms with Crippen molar-refractivity contribution in [3.63, 3.8) is 0 Å². The van der Waals surface area contributed by atoms with E-state index >= 15 is 0 Å². The number of imidazole rings is 1. The Kier molecular flexibility index (Phi) is 7.67. The third kappa shape index (κ3) is 5.60. The van der Waals surface area contributed by atoms with Crippen LogP contribution in [0.3, 0.4) is 0 Å². The Morgan fingerprint density at radius 2 is 1.86 bits per heavy atom. The summed E-state index contributed by atoms with van der Waals surface area (Å²) in [6.07, 6.45) is 10.3. The van der Waals surface area contributed by atoms with E-state index < -0.39 is 5.97 Å². The zero-order valence-electron chi connectivity index (χ0n) is 21.8. The van der Waals surface area contributed by atoms with Crippen LogP contribution >= 0.6 is 0 Å². The first-order valence-corrected chi connectivity index (χ1v) is 13.7. The quantitative estimate of drug-likeness (QED) is 0.341. The highest BCUT2D eigenvalue weighted by molar-refractivity contribution is 5.92. The second kappa shape index (κ2) is 11.1. The highest BCUT2D eigenvalue weighted by Crippen LogP contribution is 2.35. The summed E-state index contributed by atoms with van der Waals surface area (Å²) in [5.74, 6) is 1.32. The number of anilines is 1. The van der Waals surface area contributed by atoms with Crippen molar-refractivity contribution in [2.45, 2.75) is 77.7 Å². The molecule has 0 radical (unpaired) electrons. The van der Waals surface area contributed by atoms with Crippen LogP contribution in [0.2, 0.25) is 0 Å². The van der Waals surface area contributed by atoms with Gasteiger partial charge < -0.3 is 15.0 Å². The molecule has 0 saturated heterocycles. The molecule has 5 rings (SSSR count). The van der Waals surface area contributed by atoms with Crippen molar-refractivity contribution in [3.05, 3.63) is 29.7 Å². The van der Waals surface area contributed by atoms with Gasteiger partial charge in [-0.2, -0.15) is 0 Å². The lowest BCUT2D eigenvalue weighted by Gasteiger charge is -2.28. The summed E-state index contributed by atoms with van der Waals surface area (Å²) >= 11 is 0. The van der Waals surface area contributed by atoms with Crippen molar-refractivity contribution in [1.29, 1.82) is 0 Å². The minimum atomic E-state index is -1.18. The summed E-state index contributed by atoms with van der Waals surface area (Å²) in [5, 5.41) is 13.1. The SMILES string of the molecule is CC(C)c1ccnc(-c2nc3nc(C(=O)O)nc(NCCC4CCC4)c3n2CC2CCC(CF)CC2)c1. The van der Waals surface area contributed by atoms with Gasteiger partial charge in [-0.15, -0.1) is 0 Å². The van der Waals surface area contributed by atoms with Crippen LogP contribution in [0.4, 0.5) is 10.2 Å². The Labute approximate surface area is 217 Å². The van der Waals surface area contributed by atoms with Crippen LogP contribution in [0.25, 0.3) is 22.7 Å². The van der Waals surface area contributed by atoms with Gasteiger partial charge in [0, 0.05) is 19.3 Å². The molecule has 0 unspecified atom stereocenters. The van der Waals surface area contributed by atoms with Crippen molar-refractivity contribution in [2.24, 2.45) is 17.8 Å². The molecule has 2 aliphatic rings. The van der Waals surface area contributed by atoms with Crippen LogP contribution in [0.15, 0.2) is 18.3 Å². The normalized spacial score (nSPS) is 20.3. The summed E-state index contributed by atoms with van der Waals surface area (Å²) in [6.45, 7) is 5.43. The lowest BCUT2D eigenvalue weighted by molar-refractivity contribution is 0.0684. The molecule has 2 saturated carbocycles. The van der Waals surface area contributed by atoms with Gasteiger partial charge in [0.05, 0.1) is 6.67 Å². The van der Waals surface area contributed by atoms with Crippen molar-refractivity contribution in [3.8, 4) is 11.5 Å². The number of halogens is 1. The number of aromatic carboxylic acids is 1. The Bertz CT molecular complexity index is 1250. The number of nitrogens with zero attached hydrogens (tertiary/aromatic N) is 5. The third-order valence-electron chi connectivity index (χ3n) is 8.17. The van der Waals surface area contributed by atoms with Crippen LogP contribution in [0.5, 0.6) is 0 Å². The zero-order chi connectivity index (χ0) is 25.9. The number of pyridine rings is 1. The summed E-state index contributed by atoms with van der Waals surface area (Å²) in [7, 11) is 0. The van der Waals surface area contributed by atoms with Gasteiger partial charge >= 0.3 is 5.97 Å². The molecule has 2 fully saturated rings. The standard InChI is InChI=1S/C28H37FN6O2/c1-17(2)21-11-13-30-22(14-21)27-34-25-23(35(27)16-20-8-6-19(15-29)7-9-20)24(32-26(33-25)28(36)37)31-12-10-18-4-3-5-18/h11,13-14,17-20H,3-10,12,15-16H2,1-2H3,(H,36,37)(H,31,32,33). The summed E-state index contributed by atoms with van der Waals surface area (Å²) in [6, 6.07) is 4.06. The minimum Gasteiger partial charge on any atom is -0.475 e. The molecule has 2 aliphatic carbocycles. The molecular weight excluding hydrogens is 471 g/mol. The van der Waals surface area contributed by atoms with Gasteiger partial charge in [0.15, 0.2) is 17.3 Å². The molecule has 3 aromatic rings. The molecule has 0 amide bonds. The topological polar surface area (TPSA) is 106 Å². The molecule has 9 heteroatoms. The number of carbonyl (C=O) groups is 1. The van der Waals surface area contributed by atoms with E-state index in [1.165, 1.54) is 19.3 Å². The Morgan fingerprint density at radius 1 is 1.11 bits per heavy atom. The molecule has 8 nitrogen and oxygen atoms in total. The van der Waals surface area contributed by atoms with Crippen LogP contribution in [-0.4, -0.2) is 48.8 Å². The smallest absolute Gasteiger partial charge is 0.374 e. The van der Waals surface area contributed by atoms with Crippen molar-refractivity contribution in [1.82, 2.24) is 24.5 Å². The fourth-order valence-electron chi connectivity index (χ4n) is 5.56. The predicted octanol–water partition coefficient (Wildman–Crippen LogP) is 6.09. The van der Waals surface area contributed by atoms with Gasteiger partial charge in [-0.3, -0.25) is 9.37 Å². The maximum absolute atomic E-state index is 13.2. The molecule has 0 atom stereocenters. The van der Waals surface area contributed by atoms with E-state index in [1.54, 1.807) is 6.20 Å². The monoisotopic (exact) mass is 508 g/mol. The first-order chi connectivity index (χ1) is 17.9.